The van der Waals surface area contributed by atoms with Gasteiger partial charge in [0, 0.05) is 18.2 Å². The Morgan fingerprint density at radius 1 is 1.47 bits per heavy atom. The fourth-order valence-corrected chi connectivity index (χ4v) is 1.31. The van der Waals surface area contributed by atoms with Crippen molar-refractivity contribution in [3.63, 3.8) is 0 Å². The Morgan fingerprint density at radius 2 is 2.18 bits per heavy atom. The second kappa shape index (κ2) is 6.03. The Kier molecular flexibility index (Phi) is 4.69. The van der Waals surface area contributed by atoms with E-state index in [0.29, 0.717) is 23.3 Å². The number of methoxy groups -OCH3 is 1. The lowest BCUT2D eigenvalue weighted by Gasteiger charge is -2.08. The molecule has 0 aliphatic carbocycles. The van der Waals surface area contributed by atoms with E-state index in [1.54, 1.807) is 6.07 Å². The van der Waals surface area contributed by atoms with Gasteiger partial charge in [-0.05, 0) is 24.1 Å². The third-order valence-electron chi connectivity index (χ3n) is 2.37. The Morgan fingerprint density at radius 3 is 2.76 bits per heavy atom. The van der Waals surface area contributed by atoms with Crippen LogP contribution in [0.25, 0.3) is 0 Å². The summed E-state index contributed by atoms with van der Waals surface area (Å²) in [7, 11) is 1.47. The molecular formula is C13H16FNO2. The molecule has 0 saturated carbocycles. The van der Waals surface area contributed by atoms with Crippen molar-refractivity contribution in [1.29, 1.82) is 0 Å². The lowest BCUT2D eigenvalue weighted by Crippen LogP contribution is -2.23. The number of hydrogen-bond acceptors (Lipinski definition) is 2. The van der Waals surface area contributed by atoms with Gasteiger partial charge in [-0.25, -0.2) is 4.39 Å². The summed E-state index contributed by atoms with van der Waals surface area (Å²) in [6, 6.07) is 4.33. The van der Waals surface area contributed by atoms with Crippen molar-refractivity contribution in [1.82, 2.24) is 5.32 Å². The SMILES string of the molecule is C=C(CC)C(=O)NCc1cc(F)cc(OC)c1. The van der Waals surface area contributed by atoms with Gasteiger partial charge in [0.05, 0.1) is 7.11 Å². The first-order chi connectivity index (χ1) is 8.06. The van der Waals surface area contributed by atoms with E-state index >= 15 is 0 Å². The molecule has 0 aliphatic rings. The molecule has 0 spiro atoms. The average Bonchev–Trinajstić information content (AvgIpc) is 2.34. The van der Waals surface area contributed by atoms with E-state index in [2.05, 4.69) is 11.9 Å². The average molecular weight is 237 g/mol. The predicted molar refractivity (Wildman–Crippen MR) is 64.2 cm³/mol. The van der Waals surface area contributed by atoms with Crippen LogP contribution in [0.2, 0.25) is 0 Å². The van der Waals surface area contributed by atoms with E-state index in [1.165, 1.54) is 19.2 Å². The smallest absolute Gasteiger partial charge is 0.246 e. The number of carbonyl (C=O) groups is 1. The molecule has 0 radical (unpaired) electrons. The standard InChI is InChI=1S/C13H16FNO2/c1-4-9(2)13(16)15-8-10-5-11(14)7-12(6-10)17-3/h5-7H,2,4,8H2,1,3H3,(H,15,16). The lowest BCUT2D eigenvalue weighted by molar-refractivity contribution is -0.117. The largest absolute Gasteiger partial charge is 0.497 e. The molecule has 4 heteroatoms. The monoisotopic (exact) mass is 237 g/mol. The molecule has 3 nitrogen and oxygen atoms in total. The fourth-order valence-electron chi connectivity index (χ4n) is 1.31. The first-order valence-electron chi connectivity index (χ1n) is 5.36. The van der Waals surface area contributed by atoms with Gasteiger partial charge in [-0.15, -0.1) is 0 Å². The van der Waals surface area contributed by atoms with Crippen molar-refractivity contribution in [3.8, 4) is 5.75 Å². The summed E-state index contributed by atoms with van der Waals surface area (Å²) in [4.78, 5) is 11.5. The summed E-state index contributed by atoms with van der Waals surface area (Å²) in [6.45, 7) is 5.74. The Labute approximate surface area is 100 Å². The molecule has 1 aromatic carbocycles. The fraction of sp³-hybridized carbons (Fsp3) is 0.308. The van der Waals surface area contributed by atoms with E-state index in [0.717, 1.165) is 0 Å². The van der Waals surface area contributed by atoms with Crippen molar-refractivity contribution < 1.29 is 13.9 Å². The molecular weight excluding hydrogens is 221 g/mol. The summed E-state index contributed by atoms with van der Waals surface area (Å²) in [5.41, 5.74) is 1.16. The van der Waals surface area contributed by atoms with Crippen LogP contribution in [0, 0.1) is 5.82 Å². The highest BCUT2D eigenvalue weighted by atomic mass is 19.1. The third-order valence-corrected chi connectivity index (χ3v) is 2.37. The van der Waals surface area contributed by atoms with Crippen LogP contribution in [0.4, 0.5) is 4.39 Å². The Hall–Kier alpha value is -1.84. The van der Waals surface area contributed by atoms with Crippen LogP contribution in [0.15, 0.2) is 30.4 Å². The molecule has 0 bridgehead atoms. The van der Waals surface area contributed by atoms with Crippen molar-refractivity contribution in [3.05, 3.63) is 41.7 Å². The Bertz CT molecular complexity index is 429. The number of hydrogen-bond donors (Lipinski definition) is 1. The highest BCUT2D eigenvalue weighted by molar-refractivity contribution is 5.92. The summed E-state index contributed by atoms with van der Waals surface area (Å²) < 4.78 is 18.1. The zero-order chi connectivity index (χ0) is 12.8. The number of nitrogens with one attached hydrogen (secondary N) is 1. The Balaban J connectivity index is 2.66. The molecule has 0 heterocycles. The molecule has 0 fully saturated rings. The number of rotatable bonds is 5. The van der Waals surface area contributed by atoms with Crippen LogP contribution in [0.5, 0.6) is 5.75 Å². The maximum Gasteiger partial charge on any atom is 0.246 e. The molecule has 0 unspecified atom stereocenters. The van der Waals surface area contributed by atoms with Crippen molar-refractivity contribution in [2.75, 3.05) is 7.11 Å². The van der Waals surface area contributed by atoms with Crippen LogP contribution in [0.3, 0.4) is 0 Å². The topological polar surface area (TPSA) is 38.3 Å². The van der Waals surface area contributed by atoms with Gasteiger partial charge in [-0.1, -0.05) is 13.5 Å². The summed E-state index contributed by atoms with van der Waals surface area (Å²) >= 11 is 0. The minimum absolute atomic E-state index is 0.212. The molecule has 0 aliphatic heterocycles. The first-order valence-corrected chi connectivity index (χ1v) is 5.36. The van der Waals surface area contributed by atoms with Gasteiger partial charge in [-0.3, -0.25) is 4.79 Å². The predicted octanol–water partition coefficient (Wildman–Crippen LogP) is 2.42. The van der Waals surface area contributed by atoms with Crippen LogP contribution < -0.4 is 10.1 Å². The normalized spacial score (nSPS) is 9.82. The minimum atomic E-state index is -0.386. The lowest BCUT2D eigenvalue weighted by atomic mass is 10.2. The first kappa shape index (κ1) is 13.2. The summed E-state index contributed by atoms with van der Waals surface area (Å²) in [5, 5.41) is 2.67. The van der Waals surface area contributed by atoms with Gasteiger partial charge in [0.2, 0.25) is 5.91 Å². The summed E-state index contributed by atoms with van der Waals surface area (Å²) in [6.07, 6.45) is 0.596. The van der Waals surface area contributed by atoms with Crippen LogP contribution in [-0.4, -0.2) is 13.0 Å². The second-order valence-corrected chi connectivity index (χ2v) is 3.64. The maximum atomic E-state index is 13.2. The zero-order valence-corrected chi connectivity index (χ0v) is 10.0. The van der Waals surface area contributed by atoms with E-state index in [4.69, 9.17) is 4.74 Å². The van der Waals surface area contributed by atoms with Gasteiger partial charge in [0.1, 0.15) is 11.6 Å². The molecule has 17 heavy (non-hydrogen) atoms. The molecule has 1 N–H and O–H groups in total. The molecule has 92 valence electrons. The van der Waals surface area contributed by atoms with Gasteiger partial charge in [0.15, 0.2) is 0 Å². The number of carbonyl (C=O) groups excluding carboxylic acids is 1. The molecule has 1 amide bonds. The number of benzene rings is 1. The van der Waals surface area contributed by atoms with Crippen molar-refractivity contribution in [2.45, 2.75) is 19.9 Å². The van der Waals surface area contributed by atoms with Gasteiger partial charge >= 0.3 is 0 Å². The van der Waals surface area contributed by atoms with Gasteiger partial charge < -0.3 is 10.1 Å². The molecule has 0 aromatic heterocycles. The van der Waals surface area contributed by atoms with E-state index in [1.807, 2.05) is 6.92 Å². The van der Waals surface area contributed by atoms with Crippen molar-refractivity contribution in [2.24, 2.45) is 0 Å². The second-order valence-electron chi connectivity index (χ2n) is 3.64. The quantitative estimate of drug-likeness (QED) is 0.799. The molecule has 0 atom stereocenters. The number of halogens is 1. The number of ether oxygens (including phenoxy) is 1. The van der Waals surface area contributed by atoms with E-state index in [-0.39, 0.29) is 18.3 Å². The van der Waals surface area contributed by atoms with Crippen LogP contribution in [-0.2, 0) is 11.3 Å². The summed E-state index contributed by atoms with van der Waals surface area (Å²) in [5.74, 6) is -0.165. The molecule has 0 saturated heterocycles. The highest BCUT2D eigenvalue weighted by Crippen LogP contribution is 2.15. The maximum absolute atomic E-state index is 13.2. The van der Waals surface area contributed by atoms with Gasteiger partial charge in [-0.2, -0.15) is 0 Å². The minimum Gasteiger partial charge on any atom is -0.497 e. The van der Waals surface area contributed by atoms with E-state index in [9.17, 15) is 9.18 Å². The van der Waals surface area contributed by atoms with Crippen LogP contribution in [0.1, 0.15) is 18.9 Å². The number of amides is 1. The van der Waals surface area contributed by atoms with Gasteiger partial charge in [0.25, 0.3) is 0 Å². The third kappa shape index (κ3) is 3.90. The van der Waals surface area contributed by atoms with Crippen LogP contribution >= 0.6 is 0 Å². The zero-order valence-electron chi connectivity index (χ0n) is 10.0. The molecule has 1 rings (SSSR count). The van der Waals surface area contributed by atoms with Crippen molar-refractivity contribution >= 4 is 5.91 Å². The van der Waals surface area contributed by atoms with E-state index < -0.39 is 0 Å². The highest BCUT2D eigenvalue weighted by Gasteiger charge is 2.06. The molecule has 1 aromatic rings.